The van der Waals surface area contributed by atoms with E-state index in [9.17, 15) is 4.79 Å². The van der Waals surface area contributed by atoms with Gasteiger partial charge in [-0.25, -0.2) is 9.67 Å². The van der Waals surface area contributed by atoms with Gasteiger partial charge in [0.05, 0.1) is 12.3 Å². The Morgan fingerprint density at radius 2 is 2.14 bits per heavy atom. The zero-order valence-corrected chi connectivity index (χ0v) is 11.8. The minimum atomic E-state index is -0.142. The summed E-state index contributed by atoms with van der Waals surface area (Å²) in [4.78, 5) is 16.6. The summed E-state index contributed by atoms with van der Waals surface area (Å²) in [6, 6.07) is 10.9. The second-order valence-electron chi connectivity index (χ2n) is 5.28. The Morgan fingerprint density at radius 3 is 2.91 bits per heavy atom. The van der Waals surface area contributed by atoms with Crippen molar-refractivity contribution in [3.63, 3.8) is 0 Å². The normalized spacial score (nSPS) is 17.9. The van der Waals surface area contributed by atoms with Gasteiger partial charge < -0.3 is 4.74 Å². The minimum absolute atomic E-state index is 0.142. The average Bonchev–Trinajstić information content (AvgIpc) is 3.28. The summed E-state index contributed by atoms with van der Waals surface area (Å²) in [6.45, 7) is 1.41. The first-order chi connectivity index (χ1) is 10.8. The highest BCUT2D eigenvalue weighted by atomic mass is 16.5. The molecule has 1 saturated heterocycles. The number of nitrogens with one attached hydrogen (secondary N) is 2. The van der Waals surface area contributed by atoms with Gasteiger partial charge in [-0.2, -0.15) is 5.10 Å². The van der Waals surface area contributed by atoms with Gasteiger partial charge in [0.25, 0.3) is 5.56 Å². The number of para-hydroxylation sites is 1. The SMILES string of the molecule is O=c1cc(-c2n[nH]c([C@H]3CCOC3)n2)[nH]n1-c1ccccc1. The molecule has 0 bridgehead atoms. The van der Waals surface area contributed by atoms with Gasteiger partial charge in [0.15, 0.2) is 5.82 Å². The molecule has 1 aliphatic rings. The van der Waals surface area contributed by atoms with Gasteiger partial charge in [0, 0.05) is 18.6 Å². The quantitative estimate of drug-likeness (QED) is 0.766. The van der Waals surface area contributed by atoms with Crippen LogP contribution in [-0.2, 0) is 4.74 Å². The lowest BCUT2D eigenvalue weighted by molar-refractivity contribution is 0.193. The van der Waals surface area contributed by atoms with Crippen LogP contribution in [0.3, 0.4) is 0 Å². The second-order valence-corrected chi connectivity index (χ2v) is 5.28. The van der Waals surface area contributed by atoms with Crippen molar-refractivity contribution in [2.45, 2.75) is 12.3 Å². The Kier molecular flexibility index (Phi) is 3.12. The molecule has 4 rings (SSSR count). The molecule has 1 aliphatic heterocycles. The molecule has 0 amide bonds. The van der Waals surface area contributed by atoms with E-state index >= 15 is 0 Å². The standard InChI is InChI=1S/C15H15N5O2/c21-13-8-12(19-20(13)11-4-2-1-3-5-11)15-16-14(17-18-15)10-6-7-22-9-10/h1-5,8,10,19H,6-7,9H2,(H,16,17,18)/t10-/m0/s1. The summed E-state index contributed by atoms with van der Waals surface area (Å²) < 4.78 is 6.83. The predicted octanol–water partition coefficient (Wildman–Crippen LogP) is 1.45. The molecule has 7 heteroatoms. The van der Waals surface area contributed by atoms with Crippen molar-refractivity contribution in [2.24, 2.45) is 0 Å². The lowest BCUT2D eigenvalue weighted by Crippen LogP contribution is -2.12. The monoisotopic (exact) mass is 297 g/mol. The van der Waals surface area contributed by atoms with E-state index in [-0.39, 0.29) is 11.5 Å². The minimum Gasteiger partial charge on any atom is -0.381 e. The van der Waals surface area contributed by atoms with Crippen LogP contribution in [0.4, 0.5) is 0 Å². The fraction of sp³-hybridized carbons (Fsp3) is 0.267. The number of rotatable bonds is 3. The first-order valence-electron chi connectivity index (χ1n) is 7.19. The highest BCUT2D eigenvalue weighted by molar-refractivity contribution is 5.48. The van der Waals surface area contributed by atoms with Crippen molar-refractivity contribution in [1.82, 2.24) is 25.0 Å². The van der Waals surface area contributed by atoms with Crippen LogP contribution in [0.5, 0.6) is 0 Å². The lowest BCUT2D eigenvalue weighted by atomic mass is 10.1. The predicted molar refractivity (Wildman–Crippen MR) is 79.9 cm³/mol. The number of H-pyrrole nitrogens is 2. The van der Waals surface area contributed by atoms with Crippen LogP contribution in [-0.4, -0.2) is 38.2 Å². The van der Waals surface area contributed by atoms with Crippen LogP contribution in [0, 0.1) is 0 Å². The maximum Gasteiger partial charge on any atom is 0.271 e. The molecular formula is C15H15N5O2. The largest absolute Gasteiger partial charge is 0.381 e. The number of hydrogen-bond acceptors (Lipinski definition) is 4. The van der Waals surface area contributed by atoms with Crippen molar-refractivity contribution >= 4 is 0 Å². The van der Waals surface area contributed by atoms with E-state index in [4.69, 9.17) is 4.74 Å². The molecule has 7 nitrogen and oxygen atoms in total. The number of aromatic amines is 2. The number of ether oxygens (including phenoxy) is 1. The smallest absolute Gasteiger partial charge is 0.271 e. The van der Waals surface area contributed by atoms with Crippen LogP contribution < -0.4 is 5.56 Å². The number of aromatic nitrogens is 5. The van der Waals surface area contributed by atoms with E-state index in [1.165, 1.54) is 10.7 Å². The summed E-state index contributed by atoms with van der Waals surface area (Å²) in [7, 11) is 0. The van der Waals surface area contributed by atoms with Crippen molar-refractivity contribution in [3.05, 3.63) is 52.6 Å². The summed E-state index contributed by atoms with van der Waals surface area (Å²) in [5.41, 5.74) is 1.23. The van der Waals surface area contributed by atoms with Gasteiger partial charge in [0.1, 0.15) is 11.5 Å². The third-order valence-corrected chi connectivity index (χ3v) is 3.79. The second kappa shape index (κ2) is 5.27. The molecule has 1 atom stereocenters. The molecular weight excluding hydrogens is 282 g/mol. The third-order valence-electron chi connectivity index (χ3n) is 3.79. The first kappa shape index (κ1) is 13.0. The fourth-order valence-electron chi connectivity index (χ4n) is 2.61. The molecule has 1 aromatic carbocycles. The van der Waals surface area contributed by atoms with Gasteiger partial charge in [-0.3, -0.25) is 15.0 Å². The zero-order valence-electron chi connectivity index (χ0n) is 11.8. The zero-order chi connectivity index (χ0) is 14.9. The molecule has 2 aromatic heterocycles. The van der Waals surface area contributed by atoms with Crippen LogP contribution in [0.15, 0.2) is 41.2 Å². The third kappa shape index (κ3) is 2.25. The molecule has 1 fully saturated rings. The van der Waals surface area contributed by atoms with Gasteiger partial charge in [-0.1, -0.05) is 18.2 Å². The number of nitrogens with zero attached hydrogens (tertiary/aromatic N) is 3. The topological polar surface area (TPSA) is 88.6 Å². The van der Waals surface area contributed by atoms with Crippen LogP contribution >= 0.6 is 0 Å². The number of benzene rings is 1. The maximum absolute atomic E-state index is 12.1. The Morgan fingerprint density at radius 1 is 1.27 bits per heavy atom. The van der Waals surface area contributed by atoms with E-state index in [0.29, 0.717) is 18.1 Å². The van der Waals surface area contributed by atoms with E-state index in [1.54, 1.807) is 0 Å². The van der Waals surface area contributed by atoms with Gasteiger partial charge in [-0.15, -0.1) is 0 Å². The molecule has 22 heavy (non-hydrogen) atoms. The Hall–Kier alpha value is -2.67. The van der Waals surface area contributed by atoms with Crippen LogP contribution in [0.1, 0.15) is 18.2 Å². The van der Waals surface area contributed by atoms with E-state index in [0.717, 1.165) is 24.5 Å². The average molecular weight is 297 g/mol. The van der Waals surface area contributed by atoms with Crippen LogP contribution in [0.2, 0.25) is 0 Å². The maximum atomic E-state index is 12.1. The van der Waals surface area contributed by atoms with Gasteiger partial charge in [0.2, 0.25) is 0 Å². The Bertz CT molecular complexity index is 827. The molecule has 3 heterocycles. The van der Waals surface area contributed by atoms with E-state index in [1.807, 2.05) is 30.3 Å². The van der Waals surface area contributed by atoms with Crippen LogP contribution in [0.25, 0.3) is 17.2 Å². The molecule has 2 N–H and O–H groups in total. The Balaban J connectivity index is 1.68. The summed E-state index contributed by atoms with van der Waals surface area (Å²) in [6.07, 6.45) is 0.941. The molecule has 112 valence electrons. The summed E-state index contributed by atoms with van der Waals surface area (Å²) in [5.74, 6) is 1.55. The van der Waals surface area contributed by atoms with Crippen molar-refractivity contribution in [1.29, 1.82) is 0 Å². The first-order valence-corrected chi connectivity index (χ1v) is 7.19. The van der Waals surface area contributed by atoms with E-state index in [2.05, 4.69) is 20.3 Å². The lowest BCUT2D eigenvalue weighted by Gasteiger charge is -2.00. The fourth-order valence-corrected chi connectivity index (χ4v) is 2.61. The summed E-state index contributed by atoms with van der Waals surface area (Å²) in [5, 5.41) is 10.2. The molecule has 0 radical (unpaired) electrons. The molecule has 3 aromatic rings. The van der Waals surface area contributed by atoms with Gasteiger partial charge in [-0.05, 0) is 18.6 Å². The summed E-state index contributed by atoms with van der Waals surface area (Å²) >= 11 is 0. The molecule has 0 unspecified atom stereocenters. The van der Waals surface area contributed by atoms with Crippen molar-refractivity contribution in [3.8, 4) is 17.2 Å². The molecule has 0 saturated carbocycles. The van der Waals surface area contributed by atoms with Gasteiger partial charge >= 0.3 is 0 Å². The van der Waals surface area contributed by atoms with Crippen molar-refractivity contribution < 1.29 is 4.74 Å². The van der Waals surface area contributed by atoms with E-state index < -0.39 is 0 Å². The highest BCUT2D eigenvalue weighted by Crippen LogP contribution is 2.23. The molecule has 0 aliphatic carbocycles. The number of hydrogen-bond donors (Lipinski definition) is 2. The molecule has 0 spiro atoms. The Labute approximate surface area is 125 Å². The highest BCUT2D eigenvalue weighted by Gasteiger charge is 2.22. The van der Waals surface area contributed by atoms with Crippen molar-refractivity contribution in [2.75, 3.05) is 13.2 Å².